The SMILES string of the molecule is Cc1cc(C)n(-c2ccc(C(F)(F)F)cc2O)n1. The lowest BCUT2D eigenvalue weighted by atomic mass is 10.2. The number of phenolic OH excluding ortho intramolecular Hbond substituents is 1. The number of nitrogens with zero attached hydrogens (tertiary/aromatic N) is 2. The Kier molecular flexibility index (Phi) is 2.80. The third-order valence-corrected chi connectivity index (χ3v) is 2.54. The predicted octanol–water partition coefficient (Wildman–Crippen LogP) is 3.21. The molecule has 1 aromatic carbocycles. The van der Waals surface area contributed by atoms with Crippen molar-refractivity contribution in [3.8, 4) is 11.4 Å². The van der Waals surface area contributed by atoms with Crippen LogP contribution in [0.5, 0.6) is 5.75 Å². The van der Waals surface area contributed by atoms with Crippen LogP contribution >= 0.6 is 0 Å². The standard InChI is InChI=1S/C12H11F3N2O/c1-7-5-8(2)17(16-7)10-4-3-9(6-11(10)18)12(13,14)15/h3-6,18H,1-2H3. The van der Waals surface area contributed by atoms with E-state index in [4.69, 9.17) is 0 Å². The van der Waals surface area contributed by atoms with Gasteiger partial charge in [-0.15, -0.1) is 0 Å². The average molecular weight is 256 g/mol. The van der Waals surface area contributed by atoms with Crippen molar-refractivity contribution in [2.45, 2.75) is 20.0 Å². The molecule has 0 spiro atoms. The first kappa shape index (κ1) is 12.5. The van der Waals surface area contributed by atoms with E-state index >= 15 is 0 Å². The number of aryl methyl sites for hydroxylation is 2. The number of hydrogen-bond donors (Lipinski definition) is 1. The molecule has 1 heterocycles. The third kappa shape index (κ3) is 2.18. The van der Waals surface area contributed by atoms with Crippen LogP contribution in [-0.2, 0) is 6.18 Å². The van der Waals surface area contributed by atoms with Gasteiger partial charge in [-0.25, -0.2) is 4.68 Å². The van der Waals surface area contributed by atoms with Gasteiger partial charge in [-0.1, -0.05) is 0 Å². The van der Waals surface area contributed by atoms with Gasteiger partial charge in [0, 0.05) is 5.69 Å². The summed E-state index contributed by atoms with van der Waals surface area (Å²) in [6.45, 7) is 3.53. The monoisotopic (exact) mass is 256 g/mol. The lowest BCUT2D eigenvalue weighted by Gasteiger charge is -2.11. The molecule has 0 atom stereocenters. The number of rotatable bonds is 1. The van der Waals surface area contributed by atoms with Crippen LogP contribution in [0.1, 0.15) is 17.0 Å². The molecule has 6 heteroatoms. The van der Waals surface area contributed by atoms with Crippen molar-refractivity contribution in [2.75, 3.05) is 0 Å². The summed E-state index contributed by atoms with van der Waals surface area (Å²) in [5.41, 5.74) is 0.813. The molecular weight excluding hydrogens is 245 g/mol. The molecule has 0 saturated carbocycles. The fraction of sp³-hybridized carbons (Fsp3) is 0.250. The van der Waals surface area contributed by atoms with Gasteiger partial charge < -0.3 is 5.11 Å². The van der Waals surface area contributed by atoms with Gasteiger partial charge in [0.25, 0.3) is 0 Å². The molecule has 96 valence electrons. The van der Waals surface area contributed by atoms with Crippen molar-refractivity contribution in [3.05, 3.63) is 41.2 Å². The Labute approximate surface area is 101 Å². The molecule has 0 fully saturated rings. The van der Waals surface area contributed by atoms with Gasteiger partial charge >= 0.3 is 6.18 Å². The molecule has 2 aromatic rings. The van der Waals surface area contributed by atoms with E-state index < -0.39 is 17.5 Å². The number of phenols is 1. The zero-order valence-electron chi connectivity index (χ0n) is 9.78. The summed E-state index contributed by atoms with van der Waals surface area (Å²) in [6.07, 6.45) is -4.47. The van der Waals surface area contributed by atoms with Crippen LogP contribution in [0.3, 0.4) is 0 Å². The van der Waals surface area contributed by atoms with E-state index in [0.29, 0.717) is 6.07 Å². The fourth-order valence-corrected chi connectivity index (χ4v) is 1.75. The van der Waals surface area contributed by atoms with Gasteiger partial charge in [0.1, 0.15) is 11.4 Å². The van der Waals surface area contributed by atoms with E-state index in [9.17, 15) is 18.3 Å². The highest BCUT2D eigenvalue weighted by Gasteiger charge is 2.31. The summed E-state index contributed by atoms with van der Waals surface area (Å²) in [6, 6.07) is 4.60. The normalized spacial score (nSPS) is 11.8. The number of hydrogen-bond acceptors (Lipinski definition) is 2. The minimum atomic E-state index is -4.47. The second-order valence-electron chi connectivity index (χ2n) is 4.04. The van der Waals surface area contributed by atoms with Gasteiger partial charge in [-0.05, 0) is 38.1 Å². The van der Waals surface area contributed by atoms with Crippen molar-refractivity contribution in [1.82, 2.24) is 9.78 Å². The molecule has 18 heavy (non-hydrogen) atoms. The Hall–Kier alpha value is -1.98. The Morgan fingerprint density at radius 1 is 1.17 bits per heavy atom. The molecule has 0 aliphatic heterocycles. The maximum atomic E-state index is 12.5. The minimum Gasteiger partial charge on any atom is -0.506 e. The second kappa shape index (κ2) is 4.04. The summed E-state index contributed by atoms with van der Waals surface area (Å²) in [5, 5.41) is 13.8. The first-order chi connectivity index (χ1) is 8.29. The molecule has 0 radical (unpaired) electrons. The van der Waals surface area contributed by atoms with Crippen molar-refractivity contribution in [1.29, 1.82) is 0 Å². The molecule has 1 N–H and O–H groups in total. The summed E-state index contributed by atoms with van der Waals surface area (Å²) in [7, 11) is 0. The molecule has 0 saturated heterocycles. The van der Waals surface area contributed by atoms with E-state index in [1.807, 2.05) is 0 Å². The lowest BCUT2D eigenvalue weighted by Crippen LogP contribution is -2.06. The molecule has 3 nitrogen and oxygen atoms in total. The van der Waals surface area contributed by atoms with E-state index in [1.165, 1.54) is 10.7 Å². The van der Waals surface area contributed by atoms with Gasteiger partial charge in [-0.3, -0.25) is 0 Å². The number of aromatic nitrogens is 2. The summed E-state index contributed by atoms with van der Waals surface area (Å²) in [5.74, 6) is -0.448. The highest BCUT2D eigenvalue weighted by atomic mass is 19.4. The van der Waals surface area contributed by atoms with Crippen LogP contribution in [0, 0.1) is 13.8 Å². The summed E-state index contributed by atoms with van der Waals surface area (Å²) in [4.78, 5) is 0. The number of aromatic hydroxyl groups is 1. The van der Waals surface area contributed by atoms with E-state index in [2.05, 4.69) is 5.10 Å². The molecule has 0 amide bonds. The Bertz CT molecular complexity index is 587. The van der Waals surface area contributed by atoms with Crippen LogP contribution in [0.4, 0.5) is 13.2 Å². The maximum absolute atomic E-state index is 12.5. The number of halogens is 3. The molecule has 2 rings (SSSR count). The maximum Gasteiger partial charge on any atom is 0.416 e. The predicted molar refractivity (Wildman–Crippen MR) is 59.7 cm³/mol. The van der Waals surface area contributed by atoms with Gasteiger partial charge in [-0.2, -0.15) is 18.3 Å². The van der Waals surface area contributed by atoms with Crippen LogP contribution < -0.4 is 0 Å². The smallest absolute Gasteiger partial charge is 0.416 e. The van der Waals surface area contributed by atoms with E-state index in [-0.39, 0.29) is 5.69 Å². The van der Waals surface area contributed by atoms with E-state index in [1.54, 1.807) is 19.9 Å². The fourth-order valence-electron chi connectivity index (χ4n) is 1.75. The first-order valence-electron chi connectivity index (χ1n) is 5.23. The quantitative estimate of drug-likeness (QED) is 0.850. The minimum absolute atomic E-state index is 0.230. The van der Waals surface area contributed by atoms with Gasteiger partial charge in [0.2, 0.25) is 0 Å². The third-order valence-electron chi connectivity index (χ3n) is 2.54. The van der Waals surface area contributed by atoms with E-state index in [0.717, 1.165) is 17.5 Å². The van der Waals surface area contributed by atoms with Crippen LogP contribution in [0.15, 0.2) is 24.3 Å². The number of alkyl halides is 3. The molecule has 0 aliphatic carbocycles. The molecule has 0 unspecified atom stereocenters. The largest absolute Gasteiger partial charge is 0.506 e. The van der Waals surface area contributed by atoms with Crippen molar-refractivity contribution >= 4 is 0 Å². The van der Waals surface area contributed by atoms with Crippen LogP contribution in [0.25, 0.3) is 5.69 Å². The van der Waals surface area contributed by atoms with Crippen molar-refractivity contribution in [3.63, 3.8) is 0 Å². The Morgan fingerprint density at radius 3 is 2.28 bits per heavy atom. The molecular formula is C12H11F3N2O. The highest BCUT2D eigenvalue weighted by Crippen LogP contribution is 2.34. The summed E-state index contributed by atoms with van der Waals surface area (Å²) >= 11 is 0. The Morgan fingerprint density at radius 2 is 1.83 bits per heavy atom. The zero-order valence-corrected chi connectivity index (χ0v) is 9.78. The highest BCUT2D eigenvalue weighted by molar-refractivity contribution is 5.49. The van der Waals surface area contributed by atoms with Gasteiger partial charge in [0.15, 0.2) is 0 Å². The van der Waals surface area contributed by atoms with Crippen LogP contribution in [-0.4, -0.2) is 14.9 Å². The average Bonchev–Trinajstić information content (AvgIpc) is 2.56. The lowest BCUT2D eigenvalue weighted by molar-refractivity contribution is -0.137. The molecule has 0 aliphatic rings. The topological polar surface area (TPSA) is 38.0 Å². The second-order valence-corrected chi connectivity index (χ2v) is 4.04. The number of benzene rings is 1. The molecule has 1 aromatic heterocycles. The molecule has 0 bridgehead atoms. The van der Waals surface area contributed by atoms with Crippen LogP contribution in [0.2, 0.25) is 0 Å². The zero-order chi connectivity index (χ0) is 13.5. The van der Waals surface area contributed by atoms with Gasteiger partial charge in [0.05, 0.1) is 11.3 Å². The Balaban J connectivity index is 2.51. The summed E-state index contributed by atoms with van der Waals surface area (Å²) < 4.78 is 38.8. The van der Waals surface area contributed by atoms with Crippen molar-refractivity contribution in [2.24, 2.45) is 0 Å². The van der Waals surface area contributed by atoms with Crippen molar-refractivity contribution < 1.29 is 18.3 Å². The first-order valence-corrected chi connectivity index (χ1v) is 5.23.